The van der Waals surface area contributed by atoms with Crippen LogP contribution in [0.3, 0.4) is 0 Å². The van der Waals surface area contributed by atoms with Gasteiger partial charge in [-0.15, -0.1) is 24.0 Å². The molecule has 0 radical (unpaired) electrons. The minimum atomic E-state index is 0. The first-order chi connectivity index (χ1) is 13.1. The lowest BCUT2D eigenvalue weighted by molar-refractivity contribution is 0.311. The molecule has 0 unspecified atom stereocenters. The number of phenols is 1. The highest BCUT2D eigenvalue weighted by atomic mass is 127. The van der Waals surface area contributed by atoms with Crippen LogP contribution in [0.15, 0.2) is 41.4 Å². The number of aromatic hydroxyl groups is 1. The van der Waals surface area contributed by atoms with Crippen molar-refractivity contribution in [1.82, 2.24) is 5.32 Å². The number of para-hydroxylation sites is 1. The zero-order valence-corrected chi connectivity index (χ0v) is 18.9. The molecule has 0 aliphatic carbocycles. The highest BCUT2D eigenvalue weighted by Gasteiger charge is 2.09. The van der Waals surface area contributed by atoms with Gasteiger partial charge in [-0.2, -0.15) is 0 Å². The summed E-state index contributed by atoms with van der Waals surface area (Å²) in [6, 6.07) is 10.9. The lowest BCUT2D eigenvalue weighted by Gasteiger charge is -2.15. The Balaban J connectivity index is 0.00000392. The Morgan fingerprint density at radius 2 is 1.79 bits per heavy atom. The number of aliphatic imine (C=N–C) groups is 1. The highest BCUT2D eigenvalue weighted by molar-refractivity contribution is 14.0. The summed E-state index contributed by atoms with van der Waals surface area (Å²) in [5.41, 5.74) is 1.49. The van der Waals surface area contributed by atoms with Gasteiger partial charge in [-0.25, -0.2) is 4.99 Å². The molecule has 7 nitrogen and oxygen atoms in total. The van der Waals surface area contributed by atoms with E-state index in [-0.39, 0.29) is 29.7 Å². The average molecular weight is 501 g/mol. The predicted octanol–water partition coefficient (Wildman–Crippen LogP) is 4.00. The normalized spacial score (nSPS) is 10.6. The number of hydrogen-bond donors (Lipinski definition) is 3. The summed E-state index contributed by atoms with van der Waals surface area (Å²) >= 11 is 0. The van der Waals surface area contributed by atoms with E-state index in [1.165, 1.54) is 7.11 Å². The molecule has 154 valence electrons. The van der Waals surface area contributed by atoms with E-state index in [9.17, 15) is 5.11 Å². The second-order valence-electron chi connectivity index (χ2n) is 5.59. The van der Waals surface area contributed by atoms with E-state index < -0.39 is 0 Å². The van der Waals surface area contributed by atoms with E-state index in [1.54, 1.807) is 13.2 Å². The lowest BCUT2D eigenvalue weighted by Crippen LogP contribution is -2.30. The van der Waals surface area contributed by atoms with Gasteiger partial charge in [0.15, 0.2) is 29.0 Å². The highest BCUT2D eigenvalue weighted by Crippen LogP contribution is 2.31. The number of rotatable bonds is 8. The number of nitrogens with zero attached hydrogens (tertiary/aromatic N) is 1. The Hall–Kier alpha value is -2.36. The van der Waals surface area contributed by atoms with Crippen molar-refractivity contribution in [1.29, 1.82) is 0 Å². The molecule has 8 heteroatoms. The molecule has 0 aliphatic rings. The average Bonchev–Trinajstić information content (AvgIpc) is 2.68. The number of hydrogen-bond acceptors (Lipinski definition) is 5. The van der Waals surface area contributed by atoms with Crippen molar-refractivity contribution in [2.24, 2.45) is 4.99 Å². The fraction of sp³-hybridized carbons (Fsp3) is 0.350. The number of nitrogens with one attached hydrogen (secondary N) is 2. The van der Waals surface area contributed by atoms with Gasteiger partial charge in [0.2, 0.25) is 0 Å². The molecule has 2 aromatic carbocycles. The van der Waals surface area contributed by atoms with Gasteiger partial charge >= 0.3 is 0 Å². The van der Waals surface area contributed by atoms with Gasteiger partial charge in [-0.1, -0.05) is 12.1 Å². The van der Waals surface area contributed by atoms with E-state index in [0.29, 0.717) is 48.5 Å². The Kier molecular flexibility index (Phi) is 10.3. The van der Waals surface area contributed by atoms with E-state index in [4.69, 9.17) is 14.2 Å². The van der Waals surface area contributed by atoms with Gasteiger partial charge in [0.1, 0.15) is 0 Å². The topological polar surface area (TPSA) is 84.3 Å². The van der Waals surface area contributed by atoms with Crippen LogP contribution in [0.1, 0.15) is 19.4 Å². The third kappa shape index (κ3) is 6.36. The summed E-state index contributed by atoms with van der Waals surface area (Å²) in [6.45, 7) is 5.45. The van der Waals surface area contributed by atoms with Crippen molar-refractivity contribution in [3.63, 3.8) is 0 Å². The van der Waals surface area contributed by atoms with Crippen LogP contribution in [0.4, 0.5) is 5.69 Å². The smallest absolute Gasteiger partial charge is 0.196 e. The predicted molar refractivity (Wildman–Crippen MR) is 123 cm³/mol. The van der Waals surface area contributed by atoms with Gasteiger partial charge in [-0.3, -0.25) is 0 Å². The molecule has 0 fully saturated rings. The summed E-state index contributed by atoms with van der Waals surface area (Å²) in [7, 11) is 3.13. The first kappa shape index (κ1) is 23.7. The third-order valence-electron chi connectivity index (χ3n) is 3.78. The van der Waals surface area contributed by atoms with Crippen molar-refractivity contribution in [3.05, 3.63) is 42.0 Å². The van der Waals surface area contributed by atoms with Crippen molar-refractivity contribution in [2.45, 2.75) is 20.4 Å². The van der Waals surface area contributed by atoms with E-state index >= 15 is 0 Å². The van der Waals surface area contributed by atoms with Crippen LogP contribution in [0.25, 0.3) is 0 Å². The zero-order valence-electron chi connectivity index (χ0n) is 16.6. The molecule has 0 heterocycles. The van der Waals surface area contributed by atoms with Gasteiger partial charge in [0, 0.05) is 23.9 Å². The molecular weight excluding hydrogens is 473 g/mol. The van der Waals surface area contributed by atoms with Crippen LogP contribution in [0, 0.1) is 0 Å². The monoisotopic (exact) mass is 501 g/mol. The minimum absolute atomic E-state index is 0. The second-order valence-corrected chi connectivity index (χ2v) is 5.59. The first-order valence-corrected chi connectivity index (χ1v) is 8.83. The molecule has 0 aliphatic heterocycles. The molecule has 0 atom stereocenters. The second kappa shape index (κ2) is 12.2. The maximum Gasteiger partial charge on any atom is 0.196 e. The van der Waals surface area contributed by atoms with E-state index in [1.807, 2.05) is 44.2 Å². The van der Waals surface area contributed by atoms with Crippen LogP contribution >= 0.6 is 24.0 Å². The van der Waals surface area contributed by atoms with Gasteiger partial charge in [0.25, 0.3) is 0 Å². The number of phenolic OH excluding ortho intramolecular Hbond substituents is 1. The summed E-state index contributed by atoms with van der Waals surface area (Å²) in [5.74, 6) is 2.45. The summed E-state index contributed by atoms with van der Waals surface area (Å²) < 4.78 is 16.1. The number of halogens is 1. The van der Waals surface area contributed by atoms with Crippen molar-refractivity contribution < 1.29 is 19.3 Å². The van der Waals surface area contributed by atoms with Crippen LogP contribution in [0.2, 0.25) is 0 Å². The molecule has 0 aromatic heterocycles. The molecular formula is C20H28IN3O4. The molecule has 2 aromatic rings. The number of methoxy groups -OCH3 is 2. The maximum atomic E-state index is 10.2. The van der Waals surface area contributed by atoms with Gasteiger partial charge in [-0.05, 0) is 32.0 Å². The summed E-state index contributed by atoms with van der Waals surface area (Å²) in [4.78, 5) is 4.54. The van der Waals surface area contributed by atoms with Crippen molar-refractivity contribution in [2.75, 3.05) is 32.7 Å². The first-order valence-electron chi connectivity index (χ1n) is 8.83. The molecule has 0 amide bonds. The van der Waals surface area contributed by atoms with Crippen molar-refractivity contribution in [3.8, 4) is 23.0 Å². The zero-order chi connectivity index (χ0) is 19.6. The fourth-order valence-corrected chi connectivity index (χ4v) is 2.49. The largest absolute Gasteiger partial charge is 0.504 e. The quantitative estimate of drug-likeness (QED) is 0.288. The SMILES string of the molecule is CCNC(=NCc1cccc(OC)c1O)Nc1ccc(OC)c(OCC)c1.I. The number of guanidine groups is 1. The lowest BCUT2D eigenvalue weighted by atomic mass is 10.2. The molecule has 0 spiro atoms. The summed E-state index contributed by atoms with van der Waals surface area (Å²) in [6.07, 6.45) is 0. The van der Waals surface area contributed by atoms with Gasteiger partial charge in [0.05, 0.1) is 27.4 Å². The Labute approximate surface area is 183 Å². The van der Waals surface area contributed by atoms with Crippen LogP contribution in [-0.4, -0.2) is 38.4 Å². The Morgan fingerprint density at radius 1 is 1.04 bits per heavy atom. The molecule has 0 saturated carbocycles. The van der Waals surface area contributed by atoms with Crippen molar-refractivity contribution >= 4 is 35.6 Å². The number of ether oxygens (including phenoxy) is 3. The van der Waals surface area contributed by atoms with Crippen LogP contribution < -0.4 is 24.8 Å². The third-order valence-corrected chi connectivity index (χ3v) is 3.78. The Bertz CT molecular complexity index is 784. The van der Waals surface area contributed by atoms with E-state index in [2.05, 4.69) is 15.6 Å². The number of anilines is 1. The molecule has 3 N–H and O–H groups in total. The molecule has 28 heavy (non-hydrogen) atoms. The van der Waals surface area contributed by atoms with Gasteiger partial charge < -0.3 is 30.0 Å². The molecule has 0 saturated heterocycles. The maximum absolute atomic E-state index is 10.2. The van der Waals surface area contributed by atoms with Crippen LogP contribution in [-0.2, 0) is 6.54 Å². The molecule has 2 rings (SSSR count). The standard InChI is InChI=1S/C20H27N3O4.HI/c1-5-21-20(22-13-14-8-7-9-17(26-4)19(14)24)23-15-10-11-16(25-3)18(12-15)27-6-2;/h7-12,24H,5-6,13H2,1-4H3,(H2,21,22,23);1H. The number of benzene rings is 2. The van der Waals surface area contributed by atoms with E-state index in [0.717, 1.165) is 5.69 Å². The molecule has 0 bridgehead atoms. The minimum Gasteiger partial charge on any atom is -0.504 e. The Morgan fingerprint density at radius 3 is 2.43 bits per heavy atom. The van der Waals surface area contributed by atoms with Crippen LogP contribution in [0.5, 0.6) is 23.0 Å². The fourth-order valence-electron chi connectivity index (χ4n) is 2.49. The summed E-state index contributed by atoms with van der Waals surface area (Å²) in [5, 5.41) is 16.6.